The number of sulfone groups is 1. The van der Waals surface area contributed by atoms with E-state index in [4.69, 9.17) is 10.5 Å². The molecule has 0 radical (unpaired) electrons. The number of benzene rings is 2. The number of methoxy groups -OCH3 is 1. The van der Waals surface area contributed by atoms with Crippen molar-refractivity contribution >= 4 is 26.3 Å². The van der Waals surface area contributed by atoms with Crippen molar-refractivity contribution < 1.29 is 13.2 Å². The van der Waals surface area contributed by atoms with Gasteiger partial charge in [-0.2, -0.15) is 0 Å². The highest BCUT2D eigenvalue weighted by atomic mass is 32.2. The van der Waals surface area contributed by atoms with Gasteiger partial charge in [-0.1, -0.05) is 35.6 Å². The minimum absolute atomic E-state index is 0.284. The van der Waals surface area contributed by atoms with Gasteiger partial charge in [-0.05, 0) is 29.8 Å². The van der Waals surface area contributed by atoms with Crippen LogP contribution in [0.3, 0.4) is 0 Å². The average Bonchev–Trinajstić information content (AvgIpc) is 2.96. The third kappa shape index (κ3) is 3.27. The topological polar surface area (TPSA) is 82.3 Å². The van der Waals surface area contributed by atoms with Gasteiger partial charge in [0.25, 0.3) is 0 Å². The first-order chi connectivity index (χ1) is 11.4. The Bertz CT molecular complexity index is 977. The Labute approximate surface area is 144 Å². The van der Waals surface area contributed by atoms with Crippen LogP contribution in [0.1, 0.15) is 0 Å². The Morgan fingerprint density at radius 1 is 1.08 bits per heavy atom. The maximum Gasteiger partial charge on any atom is 0.181 e. The molecule has 0 aliphatic heterocycles. The van der Waals surface area contributed by atoms with Gasteiger partial charge in [0, 0.05) is 11.8 Å². The number of anilines is 1. The Kier molecular flexibility index (Phi) is 4.29. The Hall–Kier alpha value is -2.38. The molecule has 0 atom stereocenters. The predicted octanol–water partition coefficient (Wildman–Crippen LogP) is 3.47. The number of hydrogen-bond donors (Lipinski definition) is 1. The van der Waals surface area contributed by atoms with Gasteiger partial charge >= 0.3 is 0 Å². The maximum absolute atomic E-state index is 11.6. The van der Waals surface area contributed by atoms with Crippen molar-refractivity contribution in [2.24, 2.45) is 0 Å². The van der Waals surface area contributed by atoms with Crippen LogP contribution < -0.4 is 10.5 Å². The molecule has 0 aliphatic carbocycles. The van der Waals surface area contributed by atoms with Gasteiger partial charge in [0.2, 0.25) is 0 Å². The standard InChI is InChI=1S/C17H16N2O3S2/c1-22-13-5-3-4-12(10-13)15-16(23-17(18)19-15)11-6-8-14(9-7-11)24(2,20)21/h3-10H,1-2H3,(H2,18,19). The van der Waals surface area contributed by atoms with Crippen molar-refractivity contribution in [3.8, 4) is 27.4 Å². The van der Waals surface area contributed by atoms with Gasteiger partial charge in [0.1, 0.15) is 5.75 Å². The van der Waals surface area contributed by atoms with E-state index in [2.05, 4.69) is 4.98 Å². The summed E-state index contributed by atoms with van der Waals surface area (Å²) in [6, 6.07) is 14.3. The second-order valence-corrected chi connectivity index (χ2v) is 8.30. The maximum atomic E-state index is 11.6. The molecular formula is C17H16N2O3S2. The van der Waals surface area contributed by atoms with E-state index in [1.807, 2.05) is 24.3 Å². The van der Waals surface area contributed by atoms with E-state index < -0.39 is 9.84 Å². The molecule has 3 aromatic rings. The van der Waals surface area contributed by atoms with E-state index >= 15 is 0 Å². The molecule has 5 nitrogen and oxygen atoms in total. The lowest BCUT2D eigenvalue weighted by Crippen LogP contribution is -1.96. The third-order valence-corrected chi connectivity index (χ3v) is 5.59. The van der Waals surface area contributed by atoms with E-state index in [-0.39, 0.29) is 4.90 Å². The molecule has 2 aromatic carbocycles. The minimum Gasteiger partial charge on any atom is -0.497 e. The number of aromatic nitrogens is 1. The second-order valence-electron chi connectivity index (χ2n) is 5.26. The molecule has 0 bridgehead atoms. The fourth-order valence-corrected chi connectivity index (χ4v) is 3.84. The first-order valence-electron chi connectivity index (χ1n) is 7.09. The van der Waals surface area contributed by atoms with Crippen LogP contribution in [0.15, 0.2) is 53.4 Å². The first-order valence-corrected chi connectivity index (χ1v) is 9.80. The fraction of sp³-hybridized carbons (Fsp3) is 0.118. The zero-order chi connectivity index (χ0) is 17.3. The van der Waals surface area contributed by atoms with Crippen LogP contribution in [0, 0.1) is 0 Å². The van der Waals surface area contributed by atoms with E-state index in [1.54, 1.807) is 31.4 Å². The van der Waals surface area contributed by atoms with E-state index in [9.17, 15) is 8.42 Å². The molecule has 124 valence electrons. The zero-order valence-electron chi connectivity index (χ0n) is 13.2. The smallest absolute Gasteiger partial charge is 0.181 e. The third-order valence-electron chi connectivity index (χ3n) is 3.53. The summed E-state index contributed by atoms with van der Waals surface area (Å²) in [4.78, 5) is 5.60. The molecule has 1 heterocycles. The molecule has 0 saturated carbocycles. The highest BCUT2D eigenvalue weighted by molar-refractivity contribution is 7.90. The summed E-state index contributed by atoms with van der Waals surface area (Å²) >= 11 is 1.37. The molecule has 0 fully saturated rings. The van der Waals surface area contributed by atoms with Gasteiger partial charge < -0.3 is 10.5 Å². The van der Waals surface area contributed by atoms with Crippen LogP contribution in [-0.4, -0.2) is 26.8 Å². The van der Waals surface area contributed by atoms with Crippen molar-refractivity contribution in [1.29, 1.82) is 0 Å². The average molecular weight is 360 g/mol. The molecule has 0 aliphatic rings. The van der Waals surface area contributed by atoms with Crippen molar-refractivity contribution in [2.45, 2.75) is 4.90 Å². The van der Waals surface area contributed by atoms with Crippen molar-refractivity contribution in [3.05, 3.63) is 48.5 Å². The van der Waals surface area contributed by atoms with E-state index in [1.165, 1.54) is 17.6 Å². The molecule has 0 spiro atoms. The number of nitrogen functional groups attached to an aromatic ring is 1. The normalized spacial score (nSPS) is 11.4. The molecule has 0 unspecified atom stereocenters. The molecule has 7 heteroatoms. The fourth-order valence-electron chi connectivity index (χ4n) is 2.35. The second kappa shape index (κ2) is 6.26. The zero-order valence-corrected chi connectivity index (χ0v) is 14.8. The van der Waals surface area contributed by atoms with Gasteiger partial charge in [-0.25, -0.2) is 13.4 Å². The SMILES string of the molecule is COc1cccc(-c2nc(N)sc2-c2ccc(S(C)(=O)=O)cc2)c1. The summed E-state index contributed by atoms with van der Waals surface area (Å²) in [5.41, 5.74) is 8.42. The lowest BCUT2D eigenvalue weighted by Gasteiger charge is -2.06. The summed E-state index contributed by atoms with van der Waals surface area (Å²) in [5.74, 6) is 0.734. The van der Waals surface area contributed by atoms with Crippen LogP contribution >= 0.6 is 11.3 Å². The Balaban J connectivity index is 2.09. The number of nitrogens with zero attached hydrogens (tertiary/aromatic N) is 1. The summed E-state index contributed by atoms with van der Waals surface area (Å²) in [6.45, 7) is 0. The summed E-state index contributed by atoms with van der Waals surface area (Å²) < 4.78 is 28.5. The summed E-state index contributed by atoms with van der Waals surface area (Å²) in [5, 5.41) is 0.454. The molecule has 3 rings (SSSR count). The highest BCUT2D eigenvalue weighted by Gasteiger charge is 2.15. The largest absolute Gasteiger partial charge is 0.497 e. The Morgan fingerprint density at radius 3 is 2.42 bits per heavy atom. The molecular weight excluding hydrogens is 344 g/mol. The lowest BCUT2D eigenvalue weighted by atomic mass is 10.1. The van der Waals surface area contributed by atoms with E-state index in [0.717, 1.165) is 27.4 Å². The van der Waals surface area contributed by atoms with Crippen LogP contribution in [0.25, 0.3) is 21.7 Å². The lowest BCUT2D eigenvalue weighted by molar-refractivity contribution is 0.415. The van der Waals surface area contributed by atoms with Crippen molar-refractivity contribution in [1.82, 2.24) is 4.98 Å². The van der Waals surface area contributed by atoms with Crippen molar-refractivity contribution in [3.63, 3.8) is 0 Å². The summed E-state index contributed by atoms with van der Waals surface area (Å²) in [6.07, 6.45) is 1.19. The van der Waals surface area contributed by atoms with Gasteiger partial charge in [0.05, 0.1) is 22.6 Å². The molecule has 24 heavy (non-hydrogen) atoms. The van der Waals surface area contributed by atoms with Crippen LogP contribution in [0.5, 0.6) is 5.75 Å². The van der Waals surface area contributed by atoms with Crippen LogP contribution in [0.2, 0.25) is 0 Å². The molecule has 0 amide bonds. The number of hydrogen-bond acceptors (Lipinski definition) is 6. The monoisotopic (exact) mass is 360 g/mol. The highest BCUT2D eigenvalue weighted by Crippen LogP contribution is 2.39. The molecule has 2 N–H and O–H groups in total. The van der Waals surface area contributed by atoms with Crippen molar-refractivity contribution in [2.75, 3.05) is 19.1 Å². The van der Waals surface area contributed by atoms with E-state index in [0.29, 0.717) is 5.13 Å². The minimum atomic E-state index is -3.22. The number of ether oxygens (including phenoxy) is 1. The molecule has 0 saturated heterocycles. The van der Waals surface area contributed by atoms with Crippen LogP contribution in [0.4, 0.5) is 5.13 Å². The number of rotatable bonds is 4. The summed E-state index contributed by atoms with van der Waals surface area (Å²) in [7, 11) is -1.61. The quantitative estimate of drug-likeness (QED) is 0.770. The molecule has 1 aromatic heterocycles. The number of nitrogens with two attached hydrogens (primary N) is 1. The van der Waals surface area contributed by atoms with Gasteiger partial charge in [-0.15, -0.1) is 0 Å². The van der Waals surface area contributed by atoms with Gasteiger partial charge in [-0.3, -0.25) is 0 Å². The Morgan fingerprint density at radius 2 is 1.79 bits per heavy atom. The first kappa shape index (κ1) is 16.5. The number of thiazole rings is 1. The van der Waals surface area contributed by atoms with Crippen LogP contribution in [-0.2, 0) is 9.84 Å². The van der Waals surface area contributed by atoms with Gasteiger partial charge in [0.15, 0.2) is 15.0 Å². The predicted molar refractivity (Wildman–Crippen MR) is 97.1 cm³/mol.